The Kier molecular flexibility index (Phi) is 8.22. The maximum atomic E-state index is 7.75. The van der Waals surface area contributed by atoms with E-state index in [1.54, 1.807) is 7.11 Å². The minimum Gasteiger partial charge on any atom is -0.496 e. The summed E-state index contributed by atoms with van der Waals surface area (Å²) in [7, 11) is 5.97. The van der Waals surface area contributed by atoms with Gasteiger partial charge >= 0.3 is 0 Å². The number of fused-ring (bicyclic) bond motifs is 10. The molecule has 266 valence electrons. The van der Waals surface area contributed by atoms with Crippen molar-refractivity contribution in [3.63, 3.8) is 0 Å². The summed E-state index contributed by atoms with van der Waals surface area (Å²) in [5, 5.41) is 2.33. The molecule has 1 heterocycles. The molecule has 6 aromatic carbocycles. The highest BCUT2D eigenvalue weighted by atomic mass is 16.5. The molecule has 9 rings (SSSR count). The Hall–Kier alpha value is -5.28. The Morgan fingerprint density at radius 3 is 2.04 bits per heavy atom. The van der Waals surface area contributed by atoms with Crippen LogP contribution in [0, 0.1) is 13.8 Å². The van der Waals surface area contributed by atoms with Gasteiger partial charge in [0.05, 0.1) is 7.11 Å². The molecule has 0 bridgehead atoms. The van der Waals surface area contributed by atoms with Crippen LogP contribution >= 0.6 is 0 Å². The first-order valence-corrected chi connectivity index (χ1v) is 19.5. The fourth-order valence-corrected chi connectivity index (χ4v) is 9.68. The lowest BCUT2D eigenvalue weighted by Crippen LogP contribution is -2.35. The van der Waals surface area contributed by atoms with Crippen LogP contribution in [0.2, 0.25) is 0 Å². The van der Waals surface area contributed by atoms with E-state index in [0.29, 0.717) is 0 Å². The van der Waals surface area contributed by atoms with Gasteiger partial charge in [-0.1, -0.05) is 134 Å². The Balaban J connectivity index is 1.39. The van der Waals surface area contributed by atoms with Crippen molar-refractivity contribution in [2.24, 2.45) is 0 Å². The SMILES string of the molecule is COc1cc2c3c(c4c(c2cc1-c1ccc(C)cc1)-c1ccc(C)cc1C41CCCCCCC1)C=CC(c1ccccc1)(c1ccc(N(C)C)cc1)O3. The van der Waals surface area contributed by atoms with Crippen LogP contribution in [0.4, 0.5) is 5.69 Å². The lowest BCUT2D eigenvalue weighted by molar-refractivity contribution is 0.163. The van der Waals surface area contributed by atoms with Crippen LogP contribution in [0.3, 0.4) is 0 Å². The van der Waals surface area contributed by atoms with Crippen molar-refractivity contribution >= 4 is 22.5 Å². The maximum absolute atomic E-state index is 7.75. The van der Waals surface area contributed by atoms with E-state index >= 15 is 0 Å². The number of nitrogens with zero attached hydrogens (tertiary/aromatic N) is 1. The average Bonchev–Trinajstić information content (AvgIpc) is 3.46. The molecule has 1 saturated carbocycles. The zero-order valence-corrected chi connectivity index (χ0v) is 31.8. The van der Waals surface area contributed by atoms with Crippen molar-refractivity contribution in [2.75, 3.05) is 26.1 Å². The van der Waals surface area contributed by atoms with Gasteiger partial charge in [0, 0.05) is 52.8 Å². The Morgan fingerprint density at radius 1 is 0.660 bits per heavy atom. The molecule has 1 atom stereocenters. The molecule has 1 fully saturated rings. The second-order valence-electron chi connectivity index (χ2n) is 15.8. The van der Waals surface area contributed by atoms with Crippen molar-refractivity contribution in [2.45, 2.75) is 69.8 Å². The molecule has 3 heteroatoms. The van der Waals surface area contributed by atoms with Gasteiger partial charge in [-0.2, -0.15) is 0 Å². The van der Waals surface area contributed by atoms with E-state index in [1.807, 2.05) is 0 Å². The highest BCUT2D eigenvalue weighted by Crippen LogP contribution is 2.62. The molecule has 2 aliphatic carbocycles. The highest BCUT2D eigenvalue weighted by Gasteiger charge is 2.48. The summed E-state index contributed by atoms with van der Waals surface area (Å²) in [6.07, 6.45) is 13.4. The standard InChI is InChI=1S/C50H49NO2/c1-33-16-19-35(20-17-33)41-31-42-43(32-45(41)52-5)48-40(47-46(42)39-25-18-34(2)30-44(39)49(47)27-12-7-6-8-13-28-49)26-29-50(53-48,36-14-10-9-11-15-36)37-21-23-38(24-22-37)51(3)4/h9-11,14-26,29-32H,6-8,12-13,27-28H2,1-5H3. The third kappa shape index (κ3) is 5.30. The number of methoxy groups -OCH3 is 1. The maximum Gasteiger partial charge on any atom is 0.178 e. The molecule has 0 radical (unpaired) electrons. The summed E-state index contributed by atoms with van der Waals surface area (Å²) >= 11 is 0. The van der Waals surface area contributed by atoms with Crippen molar-refractivity contribution in [3.05, 3.63) is 154 Å². The molecule has 3 aliphatic rings. The van der Waals surface area contributed by atoms with Crippen LogP contribution < -0.4 is 14.4 Å². The molecule has 0 aromatic heterocycles. The fourth-order valence-electron chi connectivity index (χ4n) is 9.68. The van der Waals surface area contributed by atoms with E-state index in [9.17, 15) is 0 Å². The number of rotatable bonds is 5. The minimum absolute atomic E-state index is 0.0763. The molecule has 1 spiro atoms. The molecule has 53 heavy (non-hydrogen) atoms. The number of aryl methyl sites for hydroxylation is 2. The topological polar surface area (TPSA) is 21.7 Å². The van der Waals surface area contributed by atoms with E-state index < -0.39 is 5.60 Å². The van der Waals surface area contributed by atoms with Crippen LogP contribution in [0.5, 0.6) is 11.5 Å². The van der Waals surface area contributed by atoms with Gasteiger partial charge in [-0.05, 0) is 90.2 Å². The molecule has 3 nitrogen and oxygen atoms in total. The molecule has 1 aliphatic heterocycles. The normalized spacial score (nSPS) is 18.4. The summed E-state index contributed by atoms with van der Waals surface area (Å²) in [4.78, 5) is 2.15. The van der Waals surface area contributed by atoms with Gasteiger partial charge in [-0.15, -0.1) is 0 Å². The van der Waals surface area contributed by atoms with Gasteiger partial charge < -0.3 is 14.4 Å². The number of hydrogen-bond acceptors (Lipinski definition) is 3. The first-order valence-electron chi connectivity index (χ1n) is 19.5. The lowest BCUT2D eigenvalue weighted by Gasteiger charge is -2.40. The average molecular weight is 696 g/mol. The number of anilines is 1. The summed E-state index contributed by atoms with van der Waals surface area (Å²) in [5.41, 5.74) is 14.3. The predicted octanol–water partition coefficient (Wildman–Crippen LogP) is 12.6. The Labute approximate surface area is 314 Å². The zero-order chi connectivity index (χ0) is 36.3. The second-order valence-corrected chi connectivity index (χ2v) is 15.8. The van der Waals surface area contributed by atoms with Gasteiger partial charge in [0.25, 0.3) is 0 Å². The van der Waals surface area contributed by atoms with Crippen molar-refractivity contribution in [3.8, 4) is 33.8 Å². The molecular formula is C50H49NO2. The van der Waals surface area contributed by atoms with E-state index in [1.165, 1.54) is 76.4 Å². The molecule has 0 amide bonds. The van der Waals surface area contributed by atoms with Crippen molar-refractivity contribution in [1.82, 2.24) is 0 Å². The molecule has 6 aromatic rings. The highest BCUT2D eigenvalue weighted by molar-refractivity contribution is 6.10. The lowest BCUT2D eigenvalue weighted by atomic mass is 9.67. The molecule has 0 N–H and O–H groups in total. The van der Waals surface area contributed by atoms with Crippen LogP contribution in [0.25, 0.3) is 39.1 Å². The third-order valence-electron chi connectivity index (χ3n) is 12.4. The summed E-state index contributed by atoms with van der Waals surface area (Å²) in [6, 6.07) is 40.3. The van der Waals surface area contributed by atoms with E-state index in [2.05, 4.69) is 154 Å². The van der Waals surface area contributed by atoms with Crippen molar-refractivity contribution in [1.29, 1.82) is 0 Å². The summed E-state index contributed by atoms with van der Waals surface area (Å²) < 4.78 is 14.0. The zero-order valence-electron chi connectivity index (χ0n) is 31.8. The quantitative estimate of drug-likeness (QED) is 0.179. The molecule has 0 saturated heterocycles. The summed E-state index contributed by atoms with van der Waals surface area (Å²) in [6.45, 7) is 4.40. The first-order chi connectivity index (χ1) is 25.8. The van der Waals surface area contributed by atoms with Gasteiger partial charge in [0.15, 0.2) is 5.60 Å². The van der Waals surface area contributed by atoms with E-state index in [0.717, 1.165) is 57.7 Å². The van der Waals surface area contributed by atoms with Gasteiger partial charge in [0.1, 0.15) is 11.5 Å². The van der Waals surface area contributed by atoms with Gasteiger partial charge in [-0.3, -0.25) is 0 Å². The Morgan fingerprint density at radius 2 is 1.34 bits per heavy atom. The van der Waals surface area contributed by atoms with Crippen LogP contribution in [-0.4, -0.2) is 21.2 Å². The second kappa shape index (κ2) is 13.0. The van der Waals surface area contributed by atoms with Crippen molar-refractivity contribution < 1.29 is 9.47 Å². The van der Waals surface area contributed by atoms with E-state index in [-0.39, 0.29) is 5.41 Å². The van der Waals surface area contributed by atoms with Gasteiger partial charge in [0.2, 0.25) is 0 Å². The predicted molar refractivity (Wildman–Crippen MR) is 222 cm³/mol. The number of hydrogen-bond donors (Lipinski definition) is 0. The number of benzene rings is 6. The molecular weight excluding hydrogens is 647 g/mol. The van der Waals surface area contributed by atoms with Crippen LogP contribution in [0.15, 0.2) is 115 Å². The molecule has 1 unspecified atom stereocenters. The van der Waals surface area contributed by atoms with Crippen LogP contribution in [-0.2, 0) is 11.0 Å². The number of ether oxygens (including phenoxy) is 2. The van der Waals surface area contributed by atoms with Gasteiger partial charge in [-0.25, -0.2) is 0 Å². The summed E-state index contributed by atoms with van der Waals surface area (Å²) in [5.74, 6) is 1.80. The monoisotopic (exact) mass is 695 g/mol. The fraction of sp³-hybridized carbons (Fsp3) is 0.280. The minimum atomic E-state index is -0.820. The largest absolute Gasteiger partial charge is 0.496 e. The first kappa shape index (κ1) is 33.5. The Bertz CT molecular complexity index is 2360. The third-order valence-corrected chi connectivity index (χ3v) is 12.4. The van der Waals surface area contributed by atoms with E-state index in [4.69, 9.17) is 9.47 Å². The smallest absolute Gasteiger partial charge is 0.178 e. The van der Waals surface area contributed by atoms with Crippen LogP contribution in [0.1, 0.15) is 83.9 Å².